The maximum absolute atomic E-state index is 10.1. The second-order valence-corrected chi connectivity index (χ2v) is 10.1. The van der Waals surface area contributed by atoms with Crippen LogP contribution in [0.3, 0.4) is 0 Å². The fraction of sp³-hybridized carbons (Fsp3) is 0.423. The zero-order valence-corrected chi connectivity index (χ0v) is 19.1. The second-order valence-electron chi connectivity index (χ2n) is 10.1. The van der Waals surface area contributed by atoms with E-state index in [9.17, 15) is 5.11 Å². The predicted molar refractivity (Wildman–Crippen MR) is 126 cm³/mol. The van der Waals surface area contributed by atoms with Crippen molar-refractivity contribution in [3.05, 3.63) is 66.2 Å². The topological polar surface area (TPSA) is 59.8 Å². The van der Waals surface area contributed by atoms with E-state index in [2.05, 4.69) is 49.6 Å². The highest BCUT2D eigenvalue weighted by molar-refractivity contribution is 5.95. The summed E-state index contributed by atoms with van der Waals surface area (Å²) in [6.07, 6.45) is 5.06. The van der Waals surface area contributed by atoms with E-state index in [0.717, 1.165) is 59.8 Å². The summed E-state index contributed by atoms with van der Waals surface area (Å²) in [5.74, 6) is 1.28. The minimum atomic E-state index is -0.0200. The first-order chi connectivity index (χ1) is 15.2. The maximum atomic E-state index is 10.1. The van der Waals surface area contributed by atoms with Crippen molar-refractivity contribution in [2.45, 2.75) is 39.8 Å². The Morgan fingerprint density at radius 2 is 2.16 bits per heavy atom. The van der Waals surface area contributed by atoms with Crippen LogP contribution in [0, 0.1) is 11.3 Å². The van der Waals surface area contributed by atoms with E-state index in [0.29, 0.717) is 18.1 Å². The summed E-state index contributed by atoms with van der Waals surface area (Å²) in [4.78, 5) is 2.26. The Balaban J connectivity index is 1.60. The van der Waals surface area contributed by atoms with Crippen molar-refractivity contribution in [3.8, 4) is 5.75 Å². The molecule has 0 saturated carbocycles. The van der Waals surface area contributed by atoms with E-state index in [1.165, 1.54) is 0 Å². The molecule has 1 aromatic heterocycles. The Hall–Kier alpha value is -2.99. The lowest BCUT2D eigenvalue weighted by Gasteiger charge is -2.46. The Morgan fingerprint density at radius 3 is 2.84 bits per heavy atom. The van der Waals surface area contributed by atoms with Gasteiger partial charge in [-0.15, -0.1) is 0 Å². The Kier molecular flexibility index (Phi) is 4.93. The van der Waals surface area contributed by atoms with Crippen LogP contribution in [-0.4, -0.2) is 45.6 Å². The molecule has 3 aliphatic heterocycles. The number of rotatable bonds is 4. The van der Waals surface area contributed by atoms with E-state index in [-0.39, 0.29) is 17.2 Å². The highest BCUT2D eigenvalue weighted by atomic mass is 16.5. The number of fused-ring (bicyclic) bond motifs is 5. The molecule has 0 aliphatic carbocycles. The molecule has 3 aliphatic rings. The van der Waals surface area contributed by atoms with E-state index in [1.807, 2.05) is 24.4 Å². The number of aliphatic hydroxyl groups excluding tert-OH is 1. The number of aromatic nitrogens is 2. The number of hydrogen-bond acceptors (Lipinski definition) is 5. The van der Waals surface area contributed by atoms with Gasteiger partial charge < -0.3 is 19.5 Å². The van der Waals surface area contributed by atoms with E-state index in [1.54, 1.807) is 0 Å². The van der Waals surface area contributed by atoms with E-state index in [4.69, 9.17) is 14.6 Å². The third-order valence-electron chi connectivity index (χ3n) is 6.67. The Bertz CT molecular complexity index is 1160. The van der Waals surface area contributed by atoms with Crippen molar-refractivity contribution in [3.63, 3.8) is 0 Å². The number of aliphatic hydroxyl groups is 1. The molecule has 2 aromatic rings. The van der Waals surface area contributed by atoms with Gasteiger partial charge in [-0.2, -0.15) is 5.10 Å². The quantitative estimate of drug-likeness (QED) is 0.684. The minimum absolute atomic E-state index is 0.0200. The summed E-state index contributed by atoms with van der Waals surface area (Å²) in [7, 11) is 0. The van der Waals surface area contributed by atoms with Crippen molar-refractivity contribution in [1.82, 2.24) is 14.7 Å². The molecule has 1 fully saturated rings. The summed E-state index contributed by atoms with van der Waals surface area (Å²) in [5.41, 5.74) is 4.36. The van der Waals surface area contributed by atoms with Crippen LogP contribution in [0.25, 0.3) is 16.6 Å². The van der Waals surface area contributed by atoms with Gasteiger partial charge in [-0.25, -0.2) is 0 Å². The molecule has 2 atom stereocenters. The van der Waals surface area contributed by atoms with Gasteiger partial charge in [-0.3, -0.25) is 4.68 Å². The number of ether oxygens (including phenoxy) is 2. The minimum Gasteiger partial charge on any atom is -0.508 e. The van der Waals surface area contributed by atoms with Crippen molar-refractivity contribution in [1.29, 1.82) is 0 Å². The van der Waals surface area contributed by atoms with Gasteiger partial charge in [0.2, 0.25) is 0 Å². The molecule has 0 radical (unpaired) electrons. The van der Waals surface area contributed by atoms with Gasteiger partial charge in [-0.05, 0) is 29.6 Å². The average molecular weight is 434 g/mol. The van der Waals surface area contributed by atoms with Crippen LogP contribution in [0.1, 0.15) is 32.9 Å². The summed E-state index contributed by atoms with van der Waals surface area (Å²) in [6.45, 7) is 17.5. The van der Waals surface area contributed by atoms with Crippen LogP contribution < -0.4 is 4.74 Å². The molecule has 168 valence electrons. The number of allylic oxidation sites excluding steroid dienone is 2. The molecule has 0 spiro atoms. The number of benzene rings is 1. The van der Waals surface area contributed by atoms with Crippen LogP contribution in [0.4, 0.5) is 0 Å². The lowest BCUT2D eigenvalue weighted by Crippen LogP contribution is -2.47. The average Bonchev–Trinajstić information content (AvgIpc) is 3.38. The SMILES string of the molecule is C=C(O)C1=CN2C(=CC1=C)c1c3cccc(OCC4CCOC4)c3nn1CC2C(C)(C)C. The predicted octanol–water partition coefficient (Wildman–Crippen LogP) is 5.05. The van der Waals surface area contributed by atoms with Gasteiger partial charge in [-0.1, -0.05) is 46.1 Å². The molecule has 6 nitrogen and oxygen atoms in total. The first-order valence-corrected chi connectivity index (χ1v) is 11.2. The van der Waals surface area contributed by atoms with Gasteiger partial charge in [0.1, 0.15) is 17.0 Å². The maximum Gasteiger partial charge on any atom is 0.147 e. The lowest BCUT2D eigenvalue weighted by molar-refractivity contribution is 0.156. The first-order valence-electron chi connectivity index (χ1n) is 11.2. The number of hydrogen-bond donors (Lipinski definition) is 1. The van der Waals surface area contributed by atoms with Gasteiger partial charge in [0.25, 0.3) is 0 Å². The smallest absolute Gasteiger partial charge is 0.147 e. The van der Waals surface area contributed by atoms with Gasteiger partial charge in [0.15, 0.2) is 0 Å². The van der Waals surface area contributed by atoms with Crippen LogP contribution in [0.2, 0.25) is 0 Å². The first kappa shape index (κ1) is 20.9. The molecule has 1 saturated heterocycles. The molecule has 0 bridgehead atoms. The molecule has 0 amide bonds. The molecule has 32 heavy (non-hydrogen) atoms. The van der Waals surface area contributed by atoms with Crippen molar-refractivity contribution >= 4 is 16.6 Å². The van der Waals surface area contributed by atoms with Crippen molar-refractivity contribution in [2.75, 3.05) is 19.8 Å². The lowest BCUT2D eigenvalue weighted by atomic mass is 9.82. The van der Waals surface area contributed by atoms with Crippen LogP contribution >= 0.6 is 0 Å². The molecular weight excluding hydrogens is 402 g/mol. The summed E-state index contributed by atoms with van der Waals surface area (Å²) >= 11 is 0. The van der Waals surface area contributed by atoms with Crippen LogP contribution in [0.15, 0.2) is 60.5 Å². The highest BCUT2D eigenvalue weighted by Gasteiger charge is 2.40. The second kappa shape index (κ2) is 7.55. The van der Waals surface area contributed by atoms with Crippen molar-refractivity contribution in [2.24, 2.45) is 11.3 Å². The molecule has 6 heteroatoms. The fourth-order valence-electron chi connectivity index (χ4n) is 4.83. The largest absolute Gasteiger partial charge is 0.508 e. The Labute approximate surface area is 189 Å². The molecule has 2 unspecified atom stereocenters. The zero-order chi connectivity index (χ0) is 22.6. The van der Waals surface area contributed by atoms with Crippen LogP contribution in [-0.2, 0) is 11.3 Å². The monoisotopic (exact) mass is 433 g/mol. The van der Waals surface area contributed by atoms with Gasteiger partial charge in [0, 0.05) is 29.7 Å². The van der Waals surface area contributed by atoms with Gasteiger partial charge >= 0.3 is 0 Å². The number of nitrogens with zero attached hydrogens (tertiary/aromatic N) is 3. The summed E-state index contributed by atoms with van der Waals surface area (Å²) < 4.78 is 13.8. The van der Waals surface area contributed by atoms with Crippen molar-refractivity contribution < 1.29 is 14.6 Å². The Morgan fingerprint density at radius 1 is 1.34 bits per heavy atom. The molecule has 1 N–H and O–H groups in total. The zero-order valence-electron chi connectivity index (χ0n) is 19.1. The molecule has 4 heterocycles. The normalized spacial score (nSPS) is 23.0. The molecular formula is C26H31N3O3. The van der Waals surface area contributed by atoms with E-state index < -0.39 is 0 Å². The standard InChI is InChI=1S/C26H31N3O3/c1-16-11-21-25-19-7-6-8-22(32-15-18-9-10-31-14-18)24(19)27-29(25)13-23(26(3,4)5)28(21)12-20(16)17(2)30/h6-8,11-12,18,23,30H,1-2,9-10,13-15H2,3-5H3. The summed E-state index contributed by atoms with van der Waals surface area (Å²) in [5, 5.41) is 16.2. The third-order valence-corrected chi connectivity index (χ3v) is 6.67. The molecule has 5 rings (SSSR count). The van der Waals surface area contributed by atoms with Crippen LogP contribution in [0.5, 0.6) is 5.75 Å². The fourth-order valence-corrected chi connectivity index (χ4v) is 4.83. The highest BCUT2D eigenvalue weighted by Crippen LogP contribution is 2.44. The van der Waals surface area contributed by atoms with E-state index >= 15 is 0 Å². The third kappa shape index (κ3) is 3.43. The van der Waals surface area contributed by atoms with Gasteiger partial charge in [0.05, 0.1) is 37.2 Å². The summed E-state index contributed by atoms with van der Waals surface area (Å²) in [6, 6.07) is 6.28. The molecule has 1 aromatic carbocycles.